The number of halogens is 1. The van der Waals surface area contributed by atoms with Crippen LogP contribution < -0.4 is 10.3 Å². The number of fused-ring (bicyclic) bond motifs is 1. The van der Waals surface area contributed by atoms with E-state index in [1.54, 1.807) is 17.0 Å². The maximum absolute atomic E-state index is 13.3. The average Bonchev–Trinajstić information content (AvgIpc) is 2.91. The van der Waals surface area contributed by atoms with Crippen molar-refractivity contribution in [2.45, 2.75) is 26.2 Å². The van der Waals surface area contributed by atoms with Gasteiger partial charge in [0.15, 0.2) is 6.61 Å². The van der Waals surface area contributed by atoms with Crippen molar-refractivity contribution in [3.8, 4) is 5.75 Å². The number of amides is 1. The van der Waals surface area contributed by atoms with Crippen molar-refractivity contribution in [1.82, 2.24) is 14.6 Å². The second-order valence-corrected chi connectivity index (χ2v) is 9.33. The van der Waals surface area contributed by atoms with Gasteiger partial charge in [0.1, 0.15) is 11.6 Å². The fourth-order valence-electron chi connectivity index (χ4n) is 3.86. The number of benzene rings is 2. The Balaban J connectivity index is 1.69. The molecule has 1 amide bonds. The highest BCUT2D eigenvalue weighted by Crippen LogP contribution is 2.23. The first kappa shape index (κ1) is 26.4. The van der Waals surface area contributed by atoms with E-state index >= 15 is 0 Å². The van der Waals surface area contributed by atoms with Gasteiger partial charge in [0.25, 0.3) is 17.2 Å². The van der Waals surface area contributed by atoms with Crippen LogP contribution in [0.3, 0.4) is 0 Å². The van der Waals surface area contributed by atoms with Crippen LogP contribution in [0.15, 0.2) is 50.8 Å². The Morgan fingerprint density at radius 3 is 2.78 bits per heavy atom. The number of nitro benzene ring substituents is 1. The maximum atomic E-state index is 13.3. The summed E-state index contributed by atoms with van der Waals surface area (Å²) >= 11 is 3.38. The molecule has 12 heteroatoms. The predicted octanol–water partition coefficient (Wildman–Crippen LogP) is 3.53. The van der Waals surface area contributed by atoms with Crippen molar-refractivity contribution in [1.29, 1.82) is 0 Å². The first-order valence-electron chi connectivity index (χ1n) is 11.9. The molecule has 0 aliphatic carbocycles. The van der Waals surface area contributed by atoms with Crippen LogP contribution >= 0.6 is 15.9 Å². The minimum atomic E-state index is -0.534. The van der Waals surface area contributed by atoms with E-state index < -0.39 is 4.92 Å². The molecule has 37 heavy (non-hydrogen) atoms. The lowest BCUT2D eigenvalue weighted by Gasteiger charge is -2.26. The number of nitrogens with zero attached hydrogens (tertiary/aromatic N) is 5. The van der Waals surface area contributed by atoms with Crippen molar-refractivity contribution < 1.29 is 19.2 Å². The highest BCUT2D eigenvalue weighted by atomic mass is 79.9. The zero-order chi connectivity index (χ0) is 26.4. The van der Waals surface area contributed by atoms with E-state index in [4.69, 9.17) is 9.47 Å². The van der Waals surface area contributed by atoms with Crippen molar-refractivity contribution in [2.75, 3.05) is 32.9 Å². The van der Waals surface area contributed by atoms with Crippen LogP contribution in [0.4, 0.5) is 5.69 Å². The zero-order valence-electron chi connectivity index (χ0n) is 20.3. The summed E-state index contributed by atoms with van der Waals surface area (Å²) in [6.45, 7) is 3.68. The van der Waals surface area contributed by atoms with Gasteiger partial charge in [-0.3, -0.25) is 19.7 Å². The molecule has 194 valence electrons. The van der Waals surface area contributed by atoms with Crippen LogP contribution in [0.1, 0.15) is 31.2 Å². The quantitative estimate of drug-likeness (QED) is 0.218. The smallest absolute Gasteiger partial charge is 0.282 e. The van der Waals surface area contributed by atoms with Gasteiger partial charge in [-0.2, -0.15) is 9.78 Å². The molecule has 11 nitrogen and oxygen atoms in total. The fourth-order valence-corrected chi connectivity index (χ4v) is 4.22. The van der Waals surface area contributed by atoms with E-state index in [0.717, 1.165) is 17.3 Å². The van der Waals surface area contributed by atoms with Crippen molar-refractivity contribution >= 4 is 44.6 Å². The molecular formula is C25H26BrN5O6. The minimum absolute atomic E-state index is 0.174. The fraction of sp³-hybridized carbons (Fsp3) is 0.360. The van der Waals surface area contributed by atoms with E-state index in [9.17, 15) is 19.7 Å². The molecule has 4 rings (SSSR count). The number of non-ortho nitro benzene ring substituents is 1. The van der Waals surface area contributed by atoms with Crippen LogP contribution in [-0.2, 0) is 16.0 Å². The van der Waals surface area contributed by atoms with Gasteiger partial charge in [0, 0.05) is 41.7 Å². The monoisotopic (exact) mass is 571 g/mol. The molecular weight excluding hydrogens is 546 g/mol. The number of morpholine rings is 1. The Morgan fingerprint density at radius 1 is 1.27 bits per heavy atom. The van der Waals surface area contributed by atoms with E-state index in [-0.39, 0.29) is 35.1 Å². The van der Waals surface area contributed by atoms with Crippen LogP contribution in [0.5, 0.6) is 5.75 Å². The molecule has 0 unspecified atom stereocenters. The second kappa shape index (κ2) is 12.1. The summed E-state index contributed by atoms with van der Waals surface area (Å²) in [4.78, 5) is 43.0. The maximum Gasteiger partial charge on any atom is 0.282 e. The number of hydrogen-bond acceptors (Lipinski definition) is 8. The molecule has 2 aromatic carbocycles. The predicted molar refractivity (Wildman–Crippen MR) is 141 cm³/mol. The number of hydrogen-bond donors (Lipinski definition) is 0. The number of ether oxygens (including phenoxy) is 2. The third kappa shape index (κ3) is 6.38. The Morgan fingerprint density at radius 2 is 2.05 bits per heavy atom. The van der Waals surface area contributed by atoms with Gasteiger partial charge in [-0.15, -0.1) is 0 Å². The number of carbonyl (C=O) groups excluding carboxylic acids is 1. The Kier molecular flexibility index (Phi) is 8.62. The molecule has 0 saturated carbocycles. The topological polar surface area (TPSA) is 129 Å². The SMILES string of the molecule is CCCCc1nc2ccc(Br)cc2c(=O)n1N=Cc1cc([N+](=O)[O-])ccc1OCC(=O)N1CCOCC1. The summed E-state index contributed by atoms with van der Waals surface area (Å²) in [5.74, 6) is 0.496. The molecule has 0 bridgehead atoms. The standard InChI is InChI=1S/C25H26BrN5O6/c1-2-3-4-23-28-21-7-5-18(26)14-20(21)25(33)30(23)27-15-17-13-19(31(34)35)6-8-22(17)37-16-24(32)29-9-11-36-12-10-29/h5-8,13-15H,2-4,9-12,16H2,1H3. The zero-order valence-corrected chi connectivity index (χ0v) is 21.8. The highest BCUT2D eigenvalue weighted by molar-refractivity contribution is 9.10. The van der Waals surface area contributed by atoms with E-state index in [0.29, 0.717) is 49.5 Å². The summed E-state index contributed by atoms with van der Waals surface area (Å²) in [5.41, 5.74) is 0.287. The van der Waals surface area contributed by atoms with Gasteiger partial charge < -0.3 is 14.4 Å². The summed E-state index contributed by atoms with van der Waals surface area (Å²) < 4.78 is 12.9. The van der Waals surface area contributed by atoms with Gasteiger partial charge in [-0.1, -0.05) is 29.3 Å². The normalized spacial score (nSPS) is 13.8. The molecule has 1 fully saturated rings. The molecule has 0 atom stereocenters. The summed E-state index contributed by atoms with van der Waals surface area (Å²) in [5, 5.41) is 16.2. The van der Waals surface area contributed by atoms with Crippen LogP contribution in [-0.4, -0.2) is 64.5 Å². The lowest BCUT2D eigenvalue weighted by atomic mass is 10.2. The van der Waals surface area contributed by atoms with E-state index in [1.807, 2.05) is 13.0 Å². The number of unbranched alkanes of at least 4 members (excludes halogenated alkanes) is 1. The number of aryl methyl sites for hydroxylation is 1. The third-order valence-electron chi connectivity index (χ3n) is 5.86. The summed E-state index contributed by atoms with van der Waals surface area (Å²) in [6.07, 6.45) is 3.56. The average molecular weight is 572 g/mol. The molecule has 1 aromatic heterocycles. The number of rotatable bonds is 9. The van der Waals surface area contributed by atoms with Crippen molar-refractivity contribution in [2.24, 2.45) is 5.10 Å². The molecule has 1 aliphatic heterocycles. The van der Waals surface area contributed by atoms with Crippen LogP contribution in [0.25, 0.3) is 10.9 Å². The lowest BCUT2D eigenvalue weighted by molar-refractivity contribution is -0.384. The first-order chi connectivity index (χ1) is 17.9. The van der Waals surface area contributed by atoms with E-state index in [1.165, 1.54) is 29.1 Å². The molecule has 0 radical (unpaired) electrons. The van der Waals surface area contributed by atoms with Crippen molar-refractivity contribution in [3.05, 3.63) is 72.7 Å². The number of carbonyl (C=O) groups is 1. The Bertz CT molecular complexity index is 1400. The molecule has 1 saturated heterocycles. The van der Waals surface area contributed by atoms with Gasteiger partial charge in [-0.25, -0.2) is 4.98 Å². The Labute approximate surface area is 221 Å². The molecule has 0 spiro atoms. The molecule has 1 aliphatic rings. The van der Waals surface area contributed by atoms with Crippen molar-refractivity contribution in [3.63, 3.8) is 0 Å². The largest absolute Gasteiger partial charge is 0.483 e. The van der Waals surface area contributed by atoms with Gasteiger partial charge in [0.05, 0.1) is 35.3 Å². The van der Waals surface area contributed by atoms with Gasteiger partial charge in [0.2, 0.25) is 0 Å². The van der Waals surface area contributed by atoms with Gasteiger partial charge in [-0.05, 0) is 30.7 Å². The number of nitro groups is 1. The Hall–Kier alpha value is -3.64. The summed E-state index contributed by atoms with van der Waals surface area (Å²) in [6, 6.07) is 9.26. The third-order valence-corrected chi connectivity index (χ3v) is 6.35. The van der Waals surface area contributed by atoms with Crippen LogP contribution in [0, 0.1) is 10.1 Å². The number of aromatic nitrogens is 2. The second-order valence-electron chi connectivity index (χ2n) is 8.42. The van der Waals surface area contributed by atoms with Gasteiger partial charge >= 0.3 is 0 Å². The van der Waals surface area contributed by atoms with Crippen LogP contribution in [0.2, 0.25) is 0 Å². The molecule has 2 heterocycles. The molecule has 0 N–H and O–H groups in total. The van der Waals surface area contributed by atoms with E-state index in [2.05, 4.69) is 26.0 Å². The highest BCUT2D eigenvalue weighted by Gasteiger charge is 2.19. The molecule has 3 aromatic rings. The first-order valence-corrected chi connectivity index (χ1v) is 12.7. The summed E-state index contributed by atoms with van der Waals surface area (Å²) in [7, 11) is 0. The lowest BCUT2D eigenvalue weighted by Crippen LogP contribution is -2.43. The minimum Gasteiger partial charge on any atom is -0.483 e.